The Morgan fingerprint density at radius 3 is 2.33 bits per heavy atom. The predicted octanol–water partition coefficient (Wildman–Crippen LogP) is 4.63. The van der Waals surface area contributed by atoms with Crippen LogP contribution in [0, 0.1) is 11.6 Å². The molecule has 234 valence electrons. The minimum absolute atomic E-state index is 0. The van der Waals surface area contributed by atoms with Crippen LogP contribution in [0.5, 0.6) is 0 Å². The molecule has 2 saturated heterocycles. The molecule has 5 rings (SSSR count). The van der Waals surface area contributed by atoms with Crippen molar-refractivity contribution in [3.63, 3.8) is 0 Å². The Bertz CT molecular complexity index is 1420. The maximum absolute atomic E-state index is 15.6. The van der Waals surface area contributed by atoms with Crippen molar-refractivity contribution in [2.75, 3.05) is 81.1 Å². The van der Waals surface area contributed by atoms with E-state index in [-0.39, 0.29) is 41.9 Å². The van der Waals surface area contributed by atoms with E-state index in [4.69, 9.17) is 5.11 Å². The Hall–Kier alpha value is -3.63. The van der Waals surface area contributed by atoms with Gasteiger partial charge in [-0.2, -0.15) is 17.6 Å². The van der Waals surface area contributed by atoms with E-state index in [9.17, 15) is 22.4 Å². The zero-order valence-electron chi connectivity index (χ0n) is 22.7. The average Bonchev–Trinajstić information content (AvgIpc) is 3.37. The second kappa shape index (κ2) is 13.3. The molecule has 16 heteroatoms. The average molecular weight is 629 g/mol. The lowest BCUT2D eigenvalue weighted by atomic mass is 10.1. The number of alkyl halides is 3. The molecule has 1 aromatic carbocycles. The summed E-state index contributed by atoms with van der Waals surface area (Å²) < 4.78 is 70.4. The number of piperazine rings is 2. The SMILES string of the molecule is C.CN1CCN(c2sc(Nc3ncnc(N4CCN(CCC(=O)O)CC4)c3F)nc2-c2cc(F)cc(C(F)(F)F)c2)CC1. The molecule has 0 saturated carbocycles. The van der Waals surface area contributed by atoms with Crippen LogP contribution in [0.4, 0.5) is 43.7 Å². The van der Waals surface area contributed by atoms with E-state index in [0.29, 0.717) is 70.0 Å². The second-order valence-electron chi connectivity index (χ2n) is 10.1. The third-order valence-corrected chi connectivity index (χ3v) is 8.24. The van der Waals surface area contributed by atoms with Gasteiger partial charge in [-0.15, -0.1) is 0 Å². The van der Waals surface area contributed by atoms with E-state index in [1.54, 1.807) is 4.90 Å². The first kappa shape index (κ1) is 32.3. The van der Waals surface area contributed by atoms with Gasteiger partial charge < -0.3 is 25.1 Å². The van der Waals surface area contributed by atoms with Crippen LogP contribution in [0.25, 0.3) is 11.3 Å². The Kier molecular flexibility index (Phi) is 10.0. The molecule has 3 aromatic rings. The van der Waals surface area contributed by atoms with Gasteiger partial charge in [0.25, 0.3) is 0 Å². The van der Waals surface area contributed by atoms with Crippen molar-refractivity contribution in [1.82, 2.24) is 24.8 Å². The van der Waals surface area contributed by atoms with Crippen molar-refractivity contribution >= 4 is 39.1 Å². The van der Waals surface area contributed by atoms with Crippen molar-refractivity contribution < 1.29 is 31.9 Å². The summed E-state index contributed by atoms with van der Waals surface area (Å²) in [6.45, 7) is 4.93. The number of aromatic nitrogens is 3. The molecule has 2 aliphatic rings. The molecule has 0 atom stereocenters. The lowest BCUT2D eigenvalue weighted by Gasteiger charge is -2.35. The standard InChI is InChI=1S/C26H29F5N8O2S.CH4/c1-36-4-8-39(9-5-36)24-21(16-12-17(26(29,30)31)14-18(27)13-16)34-25(42-24)35-22-20(28)23(33-15-32-22)38-10-6-37(7-11-38)3-2-19(40)41;/h12-15H,2-11H2,1H3,(H,40,41)(H,32,33,34,35);1H4. The van der Waals surface area contributed by atoms with Crippen molar-refractivity contribution in [3.05, 3.63) is 41.7 Å². The summed E-state index contributed by atoms with van der Waals surface area (Å²) in [5.41, 5.74) is -1.01. The Labute approximate surface area is 249 Å². The summed E-state index contributed by atoms with van der Waals surface area (Å²) in [5.74, 6) is -2.73. The number of anilines is 4. The molecule has 0 spiro atoms. The van der Waals surface area contributed by atoms with E-state index < -0.39 is 29.3 Å². The third kappa shape index (κ3) is 7.67. The first-order valence-electron chi connectivity index (χ1n) is 13.3. The lowest BCUT2D eigenvalue weighted by Crippen LogP contribution is -2.47. The highest BCUT2D eigenvalue weighted by Gasteiger charge is 2.33. The zero-order chi connectivity index (χ0) is 30.0. The van der Waals surface area contributed by atoms with Gasteiger partial charge in [0.1, 0.15) is 22.8 Å². The van der Waals surface area contributed by atoms with Crippen molar-refractivity contribution in [3.8, 4) is 11.3 Å². The van der Waals surface area contributed by atoms with Crippen molar-refractivity contribution in [2.24, 2.45) is 0 Å². The molecule has 2 fully saturated rings. The summed E-state index contributed by atoms with van der Waals surface area (Å²) in [5, 5.41) is 12.5. The van der Waals surface area contributed by atoms with Crippen molar-refractivity contribution in [1.29, 1.82) is 0 Å². The molecule has 2 aromatic heterocycles. The van der Waals surface area contributed by atoms with E-state index >= 15 is 4.39 Å². The fraction of sp³-hybridized carbons (Fsp3) is 0.481. The number of benzene rings is 1. The monoisotopic (exact) mass is 628 g/mol. The van der Waals surface area contributed by atoms with Gasteiger partial charge in [-0.3, -0.25) is 9.69 Å². The number of thiazole rings is 1. The second-order valence-corrected chi connectivity index (χ2v) is 11.1. The maximum atomic E-state index is 15.6. The van der Waals surface area contributed by atoms with E-state index in [1.165, 1.54) is 6.33 Å². The highest BCUT2D eigenvalue weighted by atomic mass is 32.1. The Balaban J connectivity index is 0.00000423. The number of hydrogen-bond acceptors (Lipinski definition) is 10. The molecule has 2 aliphatic heterocycles. The Morgan fingerprint density at radius 2 is 1.67 bits per heavy atom. The summed E-state index contributed by atoms with van der Waals surface area (Å²) in [6, 6.07) is 2.31. The number of rotatable bonds is 8. The largest absolute Gasteiger partial charge is 0.481 e. The first-order chi connectivity index (χ1) is 20.0. The van der Waals surface area contributed by atoms with E-state index in [0.717, 1.165) is 23.5 Å². The molecule has 0 amide bonds. The topological polar surface area (TPSA) is 101 Å². The summed E-state index contributed by atoms with van der Waals surface area (Å²) >= 11 is 1.12. The van der Waals surface area contributed by atoms with Crippen LogP contribution in [-0.4, -0.2) is 102 Å². The van der Waals surface area contributed by atoms with Crippen LogP contribution in [0.1, 0.15) is 19.4 Å². The van der Waals surface area contributed by atoms with E-state index in [2.05, 4.69) is 25.2 Å². The number of halogens is 5. The maximum Gasteiger partial charge on any atom is 0.416 e. The number of carboxylic acid groups (broad SMARTS) is 1. The van der Waals surface area contributed by atoms with Crippen LogP contribution >= 0.6 is 11.3 Å². The zero-order valence-corrected chi connectivity index (χ0v) is 23.5. The van der Waals surface area contributed by atoms with Gasteiger partial charge in [0.15, 0.2) is 16.8 Å². The highest BCUT2D eigenvalue weighted by molar-refractivity contribution is 7.20. The number of carboxylic acids is 1. The van der Waals surface area contributed by atoms with Crippen LogP contribution in [0.3, 0.4) is 0 Å². The molecule has 43 heavy (non-hydrogen) atoms. The van der Waals surface area contributed by atoms with E-state index in [1.807, 2.05) is 16.8 Å². The first-order valence-corrected chi connectivity index (χ1v) is 14.1. The molecular weight excluding hydrogens is 595 g/mol. The Morgan fingerprint density at radius 1 is 1.00 bits per heavy atom. The predicted molar refractivity (Wildman–Crippen MR) is 155 cm³/mol. The molecule has 10 nitrogen and oxygen atoms in total. The summed E-state index contributed by atoms with van der Waals surface area (Å²) in [7, 11) is 1.96. The van der Waals surface area contributed by atoms with Crippen LogP contribution in [-0.2, 0) is 11.0 Å². The van der Waals surface area contributed by atoms with Gasteiger partial charge in [0.05, 0.1) is 12.0 Å². The quantitative estimate of drug-likeness (QED) is 0.344. The van der Waals surface area contributed by atoms with Gasteiger partial charge >= 0.3 is 12.1 Å². The minimum atomic E-state index is -4.75. The fourth-order valence-electron chi connectivity index (χ4n) is 4.87. The van der Waals surface area contributed by atoms with Gasteiger partial charge in [-0.1, -0.05) is 18.8 Å². The highest BCUT2D eigenvalue weighted by Crippen LogP contribution is 2.42. The van der Waals surface area contributed by atoms with Gasteiger partial charge in [-0.25, -0.2) is 19.3 Å². The molecule has 0 aliphatic carbocycles. The summed E-state index contributed by atoms with van der Waals surface area (Å²) in [6.07, 6.45) is -3.52. The summed E-state index contributed by atoms with van der Waals surface area (Å²) in [4.78, 5) is 31.3. The fourth-order valence-corrected chi connectivity index (χ4v) is 5.91. The number of hydrogen-bond donors (Lipinski definition) is 2. The van der Waals surface area contributed by atoms with Gasteiger partial charge in [-0.05, 0) is 25.2 Å². The molecular formula is C27H33F5N8O2S. The number of likely N-dealkylation sites (N-methyl/N-ethyl adjacent to an activating group) is 1. The van der Waals surface area contributed by atoms with Crippen LogP contribution in [0.2, 0.25) is 0 Å². The number of aliphatic carboxylic acids is 1. The molecule has 4 heterocycles. The van der Waals surface area contributed by atoms with Gasteiger partial charge in [0, 0.05) is 64.5 Å². The molecule has 0 bridgehead atoms. The van der Waals surface area contributed by atoms with Crippen molar-refractivity contribution in [2.45, 2.75) is 20.0 Å². The smallest absolute Gasteiger partial charge is 0.416 e. The molecule has 0 radical (unpaired) electrons. The van der Waals surface area contributed by atoms with Crippen LogP contribution < -0.4 is 15.1 Å². The number of nitrogens with zero attached hydrogens (tertiary/aromatic N) is 7. The minimum Gasteiger partial charge on any atom is -0.481 e. The normalized spacial score (nSPS) is 16.7. The number of nitrogens with one attached hydrogen (secondary N) is 1. The molecule has 2 N–H and O–H groups in total. The lowest BCUT2D eigenvalue weighted by molar-refractivity contribution is -0.138. The molecule has 0 unspecified atom stereocenters. The number of carbonyl (C=O) groups is 1. The van der Waals surface area contributed by atoms with Gasteiger partial charge in [0.2, 0.25) is 5.82 Å². The van der Waals surface area contributed by atoms with Crippen LogP contribution in [0.15, 0.2) is 24.5 Å². The third-order valence-electron chi connectivity index (χ3n) is 7.21.